The van der Waals surface area contributed by atoms with E-state index in [-0.39, 0.29) is 11.5 Å². The van der Waals surface area contributed by atoms with Crippen molar-refractivity contribution >= 4 is 17.6 Å². The number of aromatic nitrogens is 1. The quantitative estimate of drug-likeness (QED) is 0.875. The summed E-state index contributed by atoms with van der Waals surface area (Å²) in [4.78, 5) is 24.3. The Labute approximate surface area is 114 Å². The van der Waals surface area contributed by atoms with Crippen molar-refractivity contribution in [2.75, 3.05) is 11.4 Å². The van der Waals surface area contributed by atoms with Crippen LogP contribution in [0.5, 0.6) is 5.75 Å². The van der Waals surface area contributed by atoms with E-state index in [1.54, 1.807) is 6.92 Å². The van der Waals surface area contributed by atoms with Crippen LogP contribution in [0.1, 0.15) is 16.1 Å². The number of nitrogens with zero attached hydrogens (tertiary/aromatic N) is 2. The topological polar surface area (TPSA) is 104 Å². The molecule has 1 heterocycles. The van der Waals surface area contributed by atoms with E-state index in [9.17, 15) is 14.7 Å². The summed E-state index contributed by atoms with van der Waals surface area (Å²) in [5.41, 5.74) is 0.857. The SMILES string of the molecule is Cc1cnoc1C(=O)N(CC(=O)O)c1ccc(O)cc1. The van der Waals surface area contributed by atoms with Gasteiger partial charge < -0.3 is 14.7 Å². The van der Waals surface area contributed by atoms with E-state index >= 15 is 0 Å². The van der Waals surface area contributed by atoms with Gasteiger partial charge in [-0.25, -0.2) is 0 Å². The van der Waals surface area contributed by atoms with Crippen molar-refractivity contribution in [3.63, 3.8) is 0 Å². The van der Waals surface area contributed by atoms with Crippen LogP contribution in [0.15, 0.2) is 35.0 Å². The van der Waals surface area contributed by atoms with Crippen LogP contribution in [0, 0.1) is 6.92 Å². The normalized spacial score (nSPS) is 10.2. The number of benzene rings is 1. The van der Waals surface area contributed by atoms with E-state index in [1.807, 2.05) is 0 Å². The van der Waals surface area contributed by atoms with E-state index in [0.29, 0.717) is 11.3 Å². The fourth-order valence-corrected chi connectivity index (χ4v) is 1.67. The van der Waals surface area contributed by atoms with E-state index in [4.69, 9.17) is 9.63 Å². The Hall–Kier alpha value is -2.83. The average Bonchev–Trinajstić information content (AvgIpc) is 2.82. The zero-order chi connectivity index (χ0) is 14.7. The smallest absolute Gasteiger partial charge is 0.323 e. The van der Waals surface area contributed by atoms with Gasteiger partial charge in [-0.3, -0.25) is 14.5 Å². The second-order valence-electron chi connectivity index (χ2n) is 4.14. The maximum Gasteiger partial charge on any atom is 0.323 e. The summed E-state index contributed by atoms with van der Waals surface area (Å²) in [5, 5.41) is 21.7. The van der Waals surface area contributed by atoms with Gasteiger partial charge in [-0.2, -0.15) is 0 Å². The van der Waals surface area contributed by atoms with Crippen molar-refractivity contribution in [3.05, 3.63) is 41.8 Å². The Bertz CT molecular complexity index is 632. The van der Waals surface area contributed by atoms with Crippen LogP contribution in [-0.4, -0.2) is 33.8 Å². The number of aromatic hydroxyl groups is 1. The van der Waals surface area contributed by atoms with Gasteiger partial charge in [-0.05, 0) is 31.2 Å². The van der Waals surface area contributed by atoms with Crippen molar-refractivity contribution in [2.45, 2.75) is 6.92 Å². The number of carbonyl (C=O) groups is 2. The summed E-state index contributed by atoms with van der Waals surface area (Å²) in [6, 6.07) is 5.62. The zero-order valence-electron chi connectivity index (χ0n) is 10.6. The summed E-state index contributed by atoms with van der Waals surface area (Å²) >= 11 is 0. The fraction of sp³-hybridized carbons (Fsp3) is 0.154. The van der Waals surface area contributed by atoms with Gasteiger partial charge >= 0.3 is 5.97 Å². The number of hydrogen-bond acceptors (Lipinski definition) is 5. The van der Waals surface area contributed by atoms with Crippen molar-refractivity contribution in [1.29, 1.82) is 0 Å². The molecule has 7 heteroatoms. The molecule has 0 atom stereocenters. The molecule has 2 N–H and O–H groups in total. The molecular weight excluding hydrogens is 264 g/mol. The van der Waals surface area contributed by atoms with Gasteiger partial charge in [-0.15, -0.1) is 0 Å². The van der Waals surface area contributed by atoms with Crippen LogP contribution in [0.25, 0.3) is 0 Å². The Morgan fingerprint density at radius 3 is 2.45 bits per heavy atom. The molecule has 0 radical (unpaired) electrons. The minimum absolute atomic E-state index is 0.0145. The third kappa shape index (κ3) is 2.77. The molecule has 0 aliphatic rings. The molecule has 0 aliphatic carbocycles. The Morgan fingerprint density at radius 2 is 1.95 bits per heavy atom. The molecule has 0 aliphatic heterocycles. The van der Waals surface area contributed by atoms with Crippen molar-refractivity contribution in [2.24, 2.45) is 0 Å². The number of hydrogen-bond donors (Lipinski definition) is 2. The predicted molar refractivity (Wildman–Crippen MR) is 68.7 cm³/mol. The number of amides is 1. The van der Waals surface area contributed by atoms with E-state index < -0.39 is 18.4 Å². The monoisotopic (exact) mass is 276 g/mol. The third-order valence-electron chi connectivity index (χ3n) is 2.64. The van der Waals surface area contributed by atoms with Gasteiger partial charge in [-0.1, -0.05) is 5.16 Å². The second kappa shape index (κ2) is 5.43. The molecular formula is C13H12N2O5. The lowest BCUT2D eigenvalue weighted by atomic mass is 10.2. The number of carboxylic acid groups (broad SMARTS) is 1. The molecule has 7 nitrogen and oxygen atoms in total. The van der Waals surface area contributed by atoms with Crippen LogP contribution in [-0.2, 0) is 4.79 Å². The number of aliphatic carboxylic acids is 1. The Morgan fingerprint density at radius 1 is 1.30 bits per heavy atom. The first kappa shape index (κ1) is 13.6. The molecule has 0 saturated heterocycles. The molecule has 1 aromatic heterocycles. The lowest BCUT2D eigenvalue weighted by Crippen LogP contribution is -2.35. The number of carboxylic acids is 1. The van der Waals surface area contributed by atoms with Crippen LogP contribution < -0.4 is 4.90 Å². The zero-order valence-corrected chi connectivity index (χ0v) is 10.6. The molecule has 0 spiro atoms. The average molecular weight is 276 g/mol. The summed E-state index contributed by atoms with van der Waals surface area (Å²) < 4.78 is 4.85. The Kier molecular flexibility index (Phi) is 3.69. The highest BCUT2D eigenvalue weighted by molar-refractivity contribution is 6.07. The van der Waals surface area contributed by atoms with Gasteiger partial charge in [0.2, 0.25) is 5.76 Å². The highest BCUT2D eigenvalue weighted by Crippen LogP contribution is 2.21. The molecule has 0 bridgehead atoms. The van der Waals surface area contributed by atoms with Gasteiger partial charge in [0.15, 0.2) is 0 Å². The van der Waals surface area contributed by atoms with E-state index in [1.165, 1.54) is 30.5 Å². The summed E-state index contributed by atoms with van der Waals surface area (Å²) in [6.45, 7) is 1.11. The first-order chi connectivity index (χ1) is 9.49. The molecule has 104 valence electrons. The standard InChI is InChI=1S/C13H12N2O5/c1-8-6-14-20-12(8)13(19)15(7-11(17)18)9-2-4-10(16)5-3-9/h2-6,16H,7H2,1H3,(H,17,18). The molecule has 0 unspecified atom stereocenters. The molecule has 1 aromatic carbocycles. The highest BCUT2D eigenvalue weighted by atomic mass is 16.5. The maximum absolute atomic E-state index is 12.3. The summed E-state index contributed by atoms with van der Waals surface area (Å²) in [7, 11) is 0. The minimum Gasteiger partial charge on any atom is -0.508 e. The number of anilines is 1. The third-order valence-corrected chi connectivity index (χ3v) is 2.64. The molecule has 2 rings (SSSR count). The first-order valence-electron chi connectivity index (χ1n) is 5.73. The first-order valence-corrected chi connectivity index (χ1v) is 5.73. The molecule has 2 aromatic rings. The largest absolute Gasteiger partial charge is 0.508 e. The van der Waals surface area contributed by atoms with Gasteiger partial charge in [0, 0.05) is 11.3 Å². The molecule has 0 saturated carbocycles. The number of aryl methyl sites for hydroxylation is 1. The lowest BCUT2D eigenvalue weighted by molar-refractivity contribution is -0.135. The van der Waals surface area contributed by atoms with Crippen LogP contribution in [0.3, 0.4) is 0 Å². The highest BCUT2D eigenvalue weighted by Gasteiger charge is 2.25. The van der Waals surface area contributed by atoms with Crippen molar-refractivity contribution < 1.29 is 24.3 Å². The van der Waals surface area contributed by atoms with Crippen LogP contribution >= 0.6 is 0 Å². The van der Waals surface area contributed by atoms with Crippen molar-refractivity contribution in [3.8, 4) is 5.75 Å². The number of phenolic OH excluding ortho intramolecular Hbond substituents is 1. The summed E-state index contributed by atoms with van der Waals surface area (Å²) in [6.07, 6.45) is 1.38. The fourth-order valence-electron chi connectivity index (χ4n) is 1.67. The lowest BCUT2D eigenvalue weighted by Gasteiger charge is -2.19. The van der Waals surface area contributed by atoms with Crippen molar-refractivity contribution in [1.82, 2.24) is 5.16 Å². The van der Waals surface area contributed by atoms with Crippen LogP contribution in [0.4, 0.5) is 5.69 Å². The second-order valence-corrected chi connectivity index (χ2v) is 4.14. The molecule has 20 heavy (non-hydrogen) atoms. The number of rotatable bonds is 4. The van der Waals surface area contributed by atoms with Crippen LogP contribution in [0.2, 0.25) is 0 Å². The predicted octanol–water partition coefficient (Wildman–Crippen LogP) is 1.42. The van der Waals surface area contributed by atoms with E-state index in [0.717, 1.165) is 4.90 Å². The Balaban J connectivity index is 2.37. The molecule has 1 amide bonds. The molecule has 0 fully saturated rings. The van der Waals surface area contributed by atoms with Gasteiger partial charge in [0.1, 0.15) is 12.3 Å². The van der Waals surface area contributed by atoms with E-state index in [2.05, 4.69) is 5.16 Å². The van der Waals surface area contributed by atoms with Gasteiger partial charge in [0.25, 0.3) is 5.91 Å². The summed E-state index contributed by atoms with van der Waals surface area (Å²) in [5.74, 6) is -1.76. The maximum atomic E-state index is 12.3. The van der Waals surface area contributed by atoms with Gasteiger partial charge in [0.05, 0.1) is 6.20 Å². The minimum atomic E-state index is -1.16. The number of phenols is 1. The number of carbonyl (C=O) groups excluding carboxylic acids is 1.